The van der Waals surface area contributed by atoms with Crippen LogP contribution in [0.5, 0.6) is 5.75 Å². The predicted octanol–water partition coefficient (Wildman–Crippen LogP) is 2.74. The molecular weight excluding hydrogens is 402 g/mol. The lowest BCUT2D eigenvalue weighted by Crippen LogP contribution is -2.51. The monoisotopic (exact) mass is 423 g/mol. The molecule has 1 aliphatic rings. The second kappa shape index (κ2) is 8.91. The predicted molar refractivity (Wildman–Crippen MR) is 109 cm³/mol. The van der Waals surface area contributed by atoms with Crippen molar-refractivity contribution in [1.82, 2.24) is 8.61 Å². The first-order valence-electron chi connectivity index (χ1n) is 8.82. The zero-order valence-electron chi connectivity index (χ0n) is 15.5. The fraction of sp³-hybridized carbons (Fsp3) is 0.316. The number of rotatable bonds is 6. The highest BCUT2D eigenvalue weighted by Crippen LogP contribution is 2.21. The third kappa shape index (κ3) is 5.02. The van der Waals surface area contributed by atoms with Gasteiger partial charge in [0.1, 0.15) is 5.75 Å². The summed E-state index contributed by atoms with van der Waals surface area (Å²) in [4.78, 5) is 12.3. The number of anilines is 1. The van der Waals surface area contributed by atoms with Gasteiger partial charge in [0.05, 0.1) is 13.7 Å². The maximum absolute atomic E-state index is 12.9. The molecule has 0 bridgehead atoms. The summed E-state index contributed by atoms with van der Waals surface area (Å²) in [6, 6.07) is 13.9. The lowest BCUT2D eigenvalue weighted by molar-refractivity contribution is -0.116. The number of nitrogens with zero attached hydrogens (tertiary/aromatic N) is 2. The Bertz CT molecular complexity index is 934. The van der Waals surface area contributed by atoms with E-state index in [0.717, 1.165) is 5.56 Å². The van der Waals surface area contributed by atoms with Crippen molar-refractivity contribution in [3.8, 4) is 5.75 Å². The van der Waals surface area contributed by atoms with E-state index >= 15 is 0 Å². The minimum Gasteiger partial charge on any atom is -0.497 e. The summed E-state index contributed by atoms with van der Waals surface area (Å²) in [6.45, 7) is 0.704. The van der Waals surface area contributed by atoms with E-state index in [0.29, 0.717) is 36.0 Å². The van der Waals surface area contributed by atoms with Gasteiger partial charge in [-0.25, -0.2) is 0 Å². The van der Waals surface area contributed by atoms with E-state index in [1.807, 2.05) is 6.07 Å². The highest BCUT2D eigenvalue weighted by atomic mass is 35.5. The molecule has 1 amide bonds. The molecule has 1 fully saturated rings. The summed E-state index contributed by atoms with van der Waals surface area (Å²) in [5.74, 6) is 0.284. The molecule has 2 aromatic carbocycles. The Labute approximate surface area is 170 Å². The summed E-state index contributed by atoms with van der Waals surface area (Å²) >= 11 is 5.99. The van der Waals surface area contributed by atoms with E-state index in [1.54, 1.807) is 49.6 Å². The van der Waals surface area contributed by atoms with Crippen LogP contribution in [0.3, 0.4) is 0 Å². The van der Waals surface area contributed by atoms with Gasteiger partial charge in [0.2, 0.25) is 5.91 Å². The van der Waals surface area contributed by atoms with Crippen LogP contribution in [0.1, 0.15) is 12.0 Å². The first kappa shape index (κ1) is 20.6. The maximum Gasteiger partial charge on any atom is 0.282 e. The standard InChI is InChI=1S/C19H22ClN3O4S/c1-27-18-8-6-17(7-9-18)21-19(24)14-23-11-3-10-22(28(23,25)26)13-15-4-2-5-16(20)12-15/h2,4-9,12H,3,10-11,13-14H2,1H3,(H,21,24). The molecule has 1 N–H and O–H groups in total. The number of hydrogen-bond donors (Lipinski definition) is 1. The van der Waals surface area contributed by atoms with Crippen LogP contribution in [0.25, 0.3) is 0 Å². The first-order chi connectivity index (χ1) is 13.4. The van der Waals surface area contributed by atoms with Crippen molar-refractivity contribution >= 4 is 33.4 Å². The van der Waals surface area contributed by atoms with Gasteiger partial charge in [-0.05, 0) is 48.4 Å². The lowest BCUT2D eigenvalue weighted by Gasteiger charge is -2.34. The molecule has 0 aromatic heterocycles. The summed E-state index contributed by atoms with van der Waals surface area (Å²) in [6.07, 6.45) is 0.648. The van der Waals surface area contributed by atoms with Gasteiger partial charge in [-0.3, -0.25) is 4.79 Å². The van der Waals surface area contributed by atoms with Crippen LogP contribution in [0, 0.1) is 0 Å². The van der Waals surface area contributed by atoms with Crippen LogP contribution in [0.4, 0.5) is 5.69 Å². The van der Waals surface area contributed by atoms with Crippen molar-refractivity contribution in [1.29, 1.82) is 0 Å². The molecule has 3 rings (SSSR count). The van der Waals surface area contributed by atoms with Gasteiger partial charge in [-0.15, -0.1) is 0 Å². The molecule has 7 nitrogen and oxygen atoms in total. The Kier molecular flexibility index (Phi) is 6.56. The molecule has 0 spiro atoms. The van der Waals surface area contributed by atoms with Crippen LogP contribution in [0.2, 0.25) is 5.02 Å². The van der Waals surface area contributed by atoms with Crippen LogP contribution >= 0.6 is 11.6 Å². The highest BCUT2D eigenvalue weighted by molar-refractivity contribution is 7.86. The van der Waals surface area contributed by atoms with Crippen LogP contribution in [0.15, 0.2) is 48.5 Å². The van der Waals surface area contributed by atoms with Gasteiger partial charge >= 0.3 is 0 Å². The van der Waals surface area contributed by atoms with Crippen molar-refractivity contribution in [3.05, 3.63) is 59.1 Å². The molecule has 150 valence electrons. The smallest absolute Gasteiger partial charge is 0.282 e. The Morgan fingerprint density at radius 1 is 1.14 bits per heavy atom. The Balaban J connectivity index is 1.65. The van der Waals surface area contributed by atoms with Crippen molar-refractivity contribution in [3.63, 3.8) is 0 Å². The summed E-state index contributed by atoms with van der Waals surface area (Å²) in [5.41, 5.74) is 1.39. The number of amides is 1. The van der Waals surface area contributed by atoms with Gasteiger partial charge in [0, 0.05) is 30.3 Å². The van der Waals surface area contributed by atoms with E-state index < -0.39 is 16.1 Å². The Morgan fingerprint density at radius 3 is 2.54 bits per heavy atom. The summed E-state index contributed by atoms with van der Waals surface area (Å²) < 4.78 is 33.5. The molecule has 0 radical (unpaired) electrons. The first-order valence-corrected chi connectivity index (χ1v) is 10.6. The number of benzene rings is 2. The second-order valence-corrected chi connectivity index (χ2v) is 8.80. The van der Waals surface area contributed by atoms with Crippen LogP contribution < -0.4 is 10.1 Å². The number of hydrogen-bond acceptors (Lipinski definition) is 4. The molecule has 2 aromatic rings. The molecule has 0 atom stereocenters. The number of nitrogens with one attached hydrogen (secondary N) is 1. The third-order valence-corrected chi connectivity index (χ3v) is 6.57. The molecule has 0 unspecified atom stereocenters. The second-order valence-electron chi connectivity index (χ2n) is 6.44. The Morgan fingerprint density at radius 2 is 1.86 bits per heavy atom. The van der Waals surface area contributed by atoms with Crippen molar-refractivity contribution in [2.75, 3.05) is 32.1 Å². The quantitative estimate of drug-likeness (QED) is 0.774. The summed E-state index contributed by atoms with van der Waals surface area (Å²) in [7, 11) is -2.17. The van der Waals surface area contributed by atoms with Crippen molar-refractivity contribution in [2.24, 2.45) is 0 Å². The van der Waals surface area contributed by atoms with E-state index in [4.69, 9.17) is 16.3 Å². The Hall–Kier alpha value is -2.13. The largest absolute Gasteiger partial charge is 0.497 e. The number of halogens is 1. The van der Waals surface area contributed by atoms with Gasteiger partial charge in [-0.1, -0.05) is 23.7 Å². The number of carbonyl (C=O) groups is 1. The van der Waals surface area contributed by atoms with Crippen LogP contribution in [-0.4, -0.2) is 49.7 Å². The van der Waals surface area contributed by atoms with Gasteiger partial charge in [0.15, 0.2) is 0 Å². The zero-order valence-corrected chi connectivity index (χ0v) is 17.0. The molecule has 1 aliphatic heterocycles. The third-order valence-electron chi connectivity index (χ3n) is 4.41. The van der Waals surface area contributed by atoms with Gasteiger partial charge < -0.3 is 10.1 Å². The molecule has 0 aliphatic carbocycles. The highest BCUT2D eigenvalue weighted by Gasteiger charge is 2.34. The molecule has 28 heavy (non-hydrogen) atoms. The topological polar surface area (TPSA) is 79.0 Å². The van der Waals surface area contributed by atoms with E-state index in [1.165, 1.54) is 8.61 Å². The fourth-order valence-corrected chi connectivity index (χ4v) is 4.86. The molecule has 9 heteroatoms. The SMILES string of the molecule is COc1ccc(NC(=O)CN2CCCN(Cc3cccc(Cl)c3)S2(=O)=O)cc1. The zero-order chi connectivity index (χ0) is 20.1. The molecule has 1 heterocycles. The number of methoxy groups -OCH3 is 1. The van der Waals surface area contributed by atoms with Crippen LogP contribution in [-0.2, 0) is 21.5 Å². The minimum atomic E-state index is -3.73. The average Bonchev–Trinajstić information content (AvgIpc) is 2.66. The lowest BCUT2D eigenvalue weighted by atomic mass is 10.2. The average molecular weight is 424 g/mol. The summed E-state index contributed by atoms with van der Waals surface area (Å²) in [5, 5.41) is 3.27. The normalized spacial score (nSPS) is 17.2. The van der Waals surface area contributed by atoms with E-state index in [-0.39, 0.29) is 13.1 Å². The minimum absolute atomic E-state index is 0.222. The van der Waals surface area contributed by atoms with Gasteiger partial charge in [0.25, 0.3) is 10.2 Å². The van der Waals surface area contributed by atoms with Crippen molar-refractivity contribution < 1.29 is 17.9 Å². The van der Waals surface area contributed by atoms with E-state index in [2.05, 4.69) is 5.32 Å². The fourth-order valence-electron chi connectivity index (χ4n) is 3.01. The molecule has 1 saturated heterocycles. The number of ether oxygens (including phenoxy) is 1. The van der Waals surface area contributed by atoms with Crippen molar-refractivity contribution in [2.45, 2.75) is 13.0 Å². The molecular formula is C19H22ClN3O4S. The number of carbonyl (C=O) groups excluding carboxylic acids is 1. The maximum atomic E-state index is 12.9. The molecule has 0 saturated carbocycles. The van der Waals surface area contributed by atoms with E-state index in [9.17, 15) is 13.2 Å². The van der Waals surface area contributed by atoms with Gasteiger partial charge in [-0.2, -0.15) is 17.0 Å².